The van der Waals surface area contributed by atoms with Crippen LogP contribution in [0.3, 0.4) is 0 Å². The minimum atomic E-state index is -0.199. The average molecular weight is 274 g/mol. The topological polar surface area (TPSA) is 101 Å². The molecule has 0 bridgehead atoms. The number of hydrogen-bond acceptors (Lipinski definition) is 6. The molecule has 0 aliphatic heterocycles. The number of anilines is 1. The molecule has 94 valence electrons. The highest BCUT2D eigenvalue weighted by molar-refractivity contribution is 7.98. The van der Waals surface area contributed by atoms with E-state index in [2.05, 4.69) is 15.0 Å². The van der Waals surface area contributed by atoms with Crippen molar-refractivity contribution in [1.82, 2.24) is 4.98 Å². The van der Waals surface area contributed by atoms with Gasteiger partial charge in [-0.15, -0.1) is 11.3 Å². The van der Waals surface area contributed by atoms with Gasteiger partial charge in [0.1, 0.15) is 0 Å². The van der Waals surface area contributed by atoms with E-state index in [-0.39, 0.29) is 11.9 Å². The Morgan fingerprint density at radius 1 is 1.76 bits per heavy atom. The number of ether oxygens (including phenoxy) is 1. The molecule has 17 heavy (non-hydrogen) atoms. The molecule has 0 aromatic carbocycles. The van der Waals surface area contributed by atoms with Gasteiger partial charge in [-0.2, -0.15) is 11.8 Å². The highest BCUT2D eigenvalue weighted by Crippen LogP contribution is 2.19. The largest absolute Gasteiger partial charge is 0.469 e. The molecule has 0 saturated carbocycles. The molecular formula is C9H14N4O2S2. The molecule has 1 aromatic heterocycles. The van der Waals surface area contributed by atoms with Gasteiger partial charge >= 0.3 is 5.97 Å². The predicted molar refractivity (Wildman–Crippen MR) is 70.4 cm³/mol. The summed E-state index contributed by atoms with van der Waals surface area (Å²) in [4.78, 5) is 15.1. The zero-order valence-corrected chi connectivity index (χ0v) is 11.0. The second kappa shape index (κ2) is 7.13. The molecule has 0 spiro atoms. The predicted octanol–water partition coefficient (Wildman–Crippen LogP) is 1.24. The monoisotopic (exact) mass is 274 g/mol. The lowest BCUT2D eigenvalue weighted by atomic mass is 10.5. The number of nitrogens with one attached hydrogen (secondary N) is 2. The van der Waals surface area contributed by atoms with Gasteiger partial charge in [-0.3, -0.25) is 10.2 Å². The number of esters is 1. The van der Waals surface area contributed by atoms with Gasteiger partial charge in [0.05, 0.1) is 19.2 Å². The first kappa shape index (κ1) is 13.8. The maximum Gasteiger partial charge on any atom is 0.306 e. The fourth-order valence-corrected chi connectivity index (χ4v) is 2.62. The lowest BCUT2D eigenvalue weighted by Gasteiger charge is -1.99. The highest BCUT2D eigenvalue weighted by Gasteiger charge is 2.04. The first-order valence-corrected chi connectivity index (χ1v) is 6.85. The molecule has 0 fully saturated rings. The molecule has 1 rings (SSSR count). The van der Waals surface area contributed by atoms with Crippen molar-refractivity contribution in [2.24, 2.45) is 5.73 Å². The first-order valence-electron chi connectivity index (χ1n) is 4.82. The van der Waals surface area contributed by atoms with Crippen LogP contribution in [0.25, 0.3) is 0 Å². The van der Waals surface area contributed by atoms with Crippen LogP contribution < -0.4 is 11.1 Å². The molecule has 0 saturated heterocycles. The summed E-state index contributed by atoms with van der Waals surface area (Å²) in [5, 5.41) is 12.2. The van der Waals surface area contributed by atoms with Gasteiger partial charge in [0.25, 0.3) is 0 Å². The van der Waals surface area contributed by atoms with E-state index in [4.69, 9.17) is 11.1 Å². The number of carbonyl (C=O) groups is 1. The molecular weight excluding hydrogens is 260 g/mol. The zero-order chi connectivity index (χ0) is 12.7. The molecule has 8 heteroatoms. The normalized spacial score (nSPS) is 9.94. The van der Waals surface area contributed by atoms with Crippen LogP contribution in [-0.4, -0.2) is 29.8 Å². The zero-order valence-electron chi connectivity index (χ0n) is 9.36. The Bertz CT molecular complexity index is 394. The van der Waals surface area contributed by atoms with E-state index in [1.807, 2.05) is 5.38 Å². The van der Waals surface area contributed by atoms with Crippen molar-refractivity contribution < 1.29 is 9.53 Å². The highest BCUT2D eigenvalue weighted by atomic mass is 32.2. The Kier molecular flexibility index (Phi) is 5.78. The van der Waals surface area contributed by atoms with Crippen molar-refractivity contribution in [3.63, 3.8) is 0 Å². The number of rotatable bonds is 6. The van der Waals surface area contributed by atoms with Gasteiger partial charge < -0.3 is 15.8 Å². The third-order valence-corrected chi connectivity index (χ3v) is 3.52. The Morgan fingerprint density at radius 3 is 3.18 bits per heavy atom. The number of aromatic nitrogens is 1. The molecule has 0 amide bonds. The number of nitrogens with two attached hydrogens (primary N) is 1. The van der Waals surface area contributed by atoms with Crippen LogP contribution in [0.15, 0.2) is 5.38 Å². The second-order valence-corrected chi connectivity index (χ2v) is 5.02. The van der Waals surface area contributed by atoms with Crippen LogP contribution in [-0.2, 0) is 15.3 Å². The third kappa shape index (κ3) is 5.55. The number of thioether (sulfide) groups is 1. The van der Waals surface area contributed by atoms with E-state index in [0.29, 0.717) is 17.3 Å². The molecule has 1 aromatic rings. The van der Waals surface area contributed by atoms with Gasteiger partial charge in [0, 0.05) is 16.9 Å². The Hall–Kier alpha value is -1.28. The van der Waals surface area contributed by atoms with Crippen LogP contribution >= 0.6 is 23.1 Å². The number of guanidine groups is 1. The van der Waals surface area contributed by atoms with E-state index in [9.17, 15) is 4.79 Å². The SMILES string of the molecule is COC(=O)CCSCc1csc(NC(=N)N)n1. The molecule has 0 unspecified atom stereocenters. The Labute approximate surface area is 107 Å². The van der Waals surface area contributed by atoms with Gasteiger partial charge in [-0.25, -0.2) is 4.98 Å². The van der Waals surface area contributed by atoms with Crippen molar-refractivity contribution in [1.29, 1.82) is 5.41 Å². The molecule has 1 heterocycles. The van der Waals surface area contributed by atoms with E-state index >= 15 is 0 Å². The van der Waals surface area contributed by atoms with Crippen molar-refractivity contribution in [3.8, 4) is 0 Å². The summed E-state index contributed by atoms with van der Waals surface area (Å²) < 4.78 is 4.54. The molecule has 0 atom stereocenters. The summed E-state index contributed by atoms with van der Waals surface area (Å²) >= 11 is 3.01. The first-order chi connectivity index (χ1) is 8.11. The number of methoxy groups -OCH3 is 1. The fourth-order valence-electron chi connectivity index (χ4n) is 0.980. The van der Waals surface area contributed by atoms with Gasteiger partial charge in [-0.05, 0) is 0 Å². The molecule has 6 nitrogen and oxygen atoms in total. The molecule has 0 aliphatic rings. The second-order valence-electron chi connectivity index (χ2n) is 3.06. The summed E-state index contributed by atoms with van der Waals surface area (Å²) in [7, 11) is 1.38. The summed E-state index contributed by atoms with van der Waals surface area (Å²) in [6, 6.07) is 0. The van der Waals surface area contributed by atoms with E-state index in [1.54, 1.807) is 11.8 Å². The van der Waals surface area contributed by atoms with Crippen molar-refractivity contribution in [2.45, 2.75) is 12.2 Å². The van der Waals surface area contributed by atoms with Gasteiger partial charge in [0.2, 0.25) is 0 Å². The van der Waals surface area contributed by atoms with Crippen LogP contribution in [0, 0.1) is 5.41 Å². The smallest absolute Gasteiger partial charge is 0.306 e. The summed E-state index contributed by atoms with van der Waals surface area (Å²) in [6.45, 7) is 0. The van der Waals surface area contributed by atoms with Crippen LogP contribution in [0.5, 0.6) is 0 Å². The fraction of sp³-hybridized carbons (Fsp3) is 0.444. The lowest BCUT2D eigenvalue weighted by Crippen LogP contribution is -2.20. The van der Waals surface area contributed by atoms with Crippen molar-refractivity contribution >= 4 is 40.2 Å². The Balaban J connectivity index is 2.25. The maximum atomic E-state index is 10.9. The number of thiazole rings is 1. The quantitative estimate of drug-likeness (QED) is 0.312. The number of hydrogen-bond donors (Lipinski definition) is 3. The number of carbonyl (C=O) groups excluding carboxylic acids is 1. The average Bonchev–Trinajstić information content (AvgIpc) is 2.70. The van der Waals surface area contributed by atoms with Crippen LogP contribution in [0.2, 0.25) is 0 Å². The van der Waals surface area contributed by atoms with Crippen molar-refractivity contribution in [2.75, 3.05) is 18.2 Å². The van der Waals surface area contributed by atoms with Crippen LogP contribution in [0.1, 0.15) is 12.1 Å². The van der Waals surface area contributed by atoms with E-state index < -0.39 is 0 Å². The molecule has 0 radical (unpaired) electrons. The molecule has 4 N–H and O–H groups in total. The van der Waals surface area contributed by atoms with E-state index in [1.165, 1.54) is 18.4 Å². The van der Waals surface area contributed by atoms with E-state index in [0.717, 1.165) is 11.4 Å². The third-order valence-electron chi connectivity index (χ3n) is 1.72. The molecule has 0 aliphatic carbocycles. The Morgan fingerprint density at radius 2 is 2.53 bits per heavy atom. The van der Waals surface area contributed by atoms with Gasteiger partial charge in [0.15, 0.2) is 11.1 Å². The van der Waals surface area contributed by atoms with Crippen molar-refractivity contribution in [3.05, 3.63) is 11.1 Å². The van der Waals surface area contributed by atoms with Gasteiger partial charge in [-0.1, -0.05) is 0 Å². The maximum absolute atomic E-state index is 10.9. The standard InChI is InChI=1S/C9H14N4O2S2/c1-15-7(14)2-3-16-4-6-5-17-9(12-6)13-8(10)11/h5H,2-4H2,1H3,(H4,10,11,12,13). The lowest BCUT2D eigenvalue weighted by molar-refractivity contribution is -0.140. The minimum Gasteiger partial charge on any atom is -0.469 e. The van der Waals surface area contributed by atoms with Crippen LogP contribution in [0.4, 0.5) is 5.13 Å². The summed E-state index contributed by atoms with van der Waals surface area (Å²) in [5.74, 6) is 1.12. The minimum absolute atomic E-state index is 0.121. The number of nitrogens with zero attached hydrogens (tertiary/aromatic N) is 1. The summed E-state index contributed by atoms with van der Waals surface area (Å²) in [6.07, 6.45) is 0.407. The summed E-state index contributed by atoms with van der Waals surface area (Å²) in [5.41, 5.74) is 6.10.